The number of hydrazone groups is 1. The third kappa shape index (κ3) is 4.74. The first kappa shape index (κ1) is 22.6. The maximum absolute atomic E-state index is 12.7. The van der Waals surface area contributed by atoms with Crippen LogP contribution in [-0.2, 0) is 6.42 Å². The van der Waals surface area contributed by atoms with Gasteiger partial charge in [0.2, 0.25) is 0 Å². The van der Waals surface area contributed by atoms with Gasteiger partial charge in [-0.05, 0) is 29.3 Å². The number of hydrogen-bond donors (Lipinski definition) is 1. The molecule has 4 rings (SSSR count). The highest BCUT2D eigenvalue weighted by Crippen LogP contribution is 2.33. The predicted molar refractivity (Wildman–Crippen MR) is 128 cm³/mol. The van der Waals surface area contributed by atoms with E-state index in [1.807, 2.05) is 12.1 Å². The van der Waals surface area contributed by atoms with Crippen molar-refractivity contribution in [1.29, 1.82) is 0 Å². The number of carbonyl (C=O) groups is 2. The van der Waals surface area contributed by atoms with E-state index >= 15 is 0 Å². The van der Waals surface area contributed by atoms with E-state index < -0.39 is 0 Å². The average molecular weight is 508 g/mol. The molecule has 1 aliphatic rings. The number of pyridine rings is 1. The summed E-state index contributed by atoms with van der Waals surface area (Å²) in [5.41, 5.74) is 2.90. The number of rotatable bonds is 5. The van der Waals surface area contributed by atoms with E-state index in [0.717, 1.165) is 5.56 Å². The van der Waals surface area contributed by atoms with Crippen LogP contribution in [0.4, 0.5) is 10.5 Å². The lowest BCUT2D eigenvalue weighted by Gasteiger charge is -2.22. The smallest absolute Gasteiger partial charge is 0.331 e. The normalized spacial score (nSPS) is 13.2. The van der Waals surface area contributed by atoms with Gasteiger partial charge < -0.3 is 5.32 Å². The Morgan fingerprint density at radius 3 is 2.28 bits per heavy atom. The highest BCUT2D eigenvalue weighted by atomic mass is 35.5. The minimum Gasteiger partial charge on any atom is -0.331 e. The van der Waals surface area contributed by atoms with Crippen LogP contribution in [0.25, 0.3) is 0 Å². The van der Waals surface area contributed by atoms with Crippen molar-refractivity contribution in [2.75, 3.05) is 11.6 Å². The molecule has 6 nitrogen and oxygen atoms in total. The minimum absolute atomic E-state index is 0.144. The molecule has 2 amide bonds. The Balaban J connectivity index is 1.54. The Kier molecular flexibility index (Phi) is 6.67. The van der Waals surface area contributed by atoms with E-state index in [0.29, 0.717) is 45.4 Å². The van der Waals surface area contributed by atoms with Crippen LogP contribution in [0, 0.1) is 0 Å². The molecule has 0 spiro atoms. The van der Waals surface area contributed by atoms with Gasteiger partial charge in [-0.25, -0.2) is 9.78 Å². The molecule has 10 heteroatoms. The minimum atomic E-state index is -0.357. The van der Waals surface area contributed by atoms with Crippen LogP contribution < -0.4 is 10.3 Å². The monoisotopic (exact) mass is 506 g/mol. The Morgan fingerprint density at radius 2 is 1.66 bits per heavy atom. The Labute approximate surface area is 203 Å². The maximum Gasteiger partial charge on any atom is 0.342 e. The quantitative estimate of drug-likeness (QED) is 0.338. The summed E-state index contributed by atoms with van der Waals surface area (Å²) in [6.07, 6.45) is 3.41. The molecule has 2 aromatic carbocycles. The van der Waals surface area contributed by atoms with Crippen molar-refractivity contribution in [2.24, 2.45) is 5.10 Å². The summed E-state index contributed by atoms with van der Waals surface area (Å²) in [6.45, 7) is 0.370. The van der Waals surface area contributed by atoms with Gasteiger partial charge in [-0.2, -0.15) is 10.1 Å². The van der Waals surface area contributed by atoms with Crippen LogP contribution in [0.15, 0.2) is 53.8 Å². The fourth-order valence-corrected chi connectivity index (χ4v) is 4.02. The molecule has 2 heterocycles. The molecule has 3 aromatic rings. The molecule has 0 saturated carbocycles. The van der Waals surface area contributed by atoms with E-state index in [9.17, 15) is 9.59 Å². The number of ketones is 1. The highest BCUT2D eigenvalue weighted by Gasteiger charge is 2.20. The highest BCUT2D eigenvalue weighted by molar-refractivity contribution is 6.41. The topological polar surface area (TPSA) is 74.7 Å². The lowest BCUT2D eigenvalue weighted by Crippen LogP contribution is -2.41. The lowest BCUT2D eigenvalue weighted by atomic mass is 10.00. The molecule has 0 aliphatic carbocycles. The Morgan fingerprint density at radius 1 is 0.969 bits per heavy atom. The Bertz CT molecular complexity index is 1220. The van der Waals surface area contributed by atoms with Crippen molar-refractivity contribution in [3.8, 4) is 0 Å². The van der Waals surface area contributed by atoms with Gasteiger partial charge in [-0.3, -0.25) is 4.79 Å². The maximum atomic E-state index is 12.7. The molecule has 0 saturated heterocycles. The summed E-state index contributed by atoms with van der Waals surface area (Å²) in [5, 5.41) is 9.10. The number of nitrogens with zero attached hydrogens (tertiary/aromatic N) is 3. The van der Waals surface area contributed by atoms with Crippen LogP contribution in [0.1, 0.15) is 27.0 Å². The van der Waals surface area contributed by atoms with Crippen molar-refractivity contribution in [2.45, 2.75) is 6.42 Å². The molecule has 1 aliphatic heterocycles. The number of benzene rings is 2. The van der Waals surface area contributed by atoms with Gasteiger partial charge in [0.05, 0.1) is 17.3 Å². The number of carbonyl (C=O) groups excluding carboxylic acids is 2. The number of anilines is 1. The summed E-state index contributed by atoms with van der Waals surface area (Å²) < 4.78 is 0. The van der Waals surface area contributed by atoms with Crippen LogP contribution in [0.3, 0.4) is 0 Å². The average Bonchev–Trinajstić information content (AvgIpc) is 2.78. The number of hydrogen-bond acceptors (Lipinski definition) is 4. The molecular weight excluding hydrogens is 494 g/mol. The summed E-state index contributed by atoms with van der Waals surface area (Å²) in [4.78, 5) is 28.6. The van der Waals surface area contributed by atoms with E-state index in [1.54, 1.807) is 30.5 Å². The molecule has 0 bridgehead atoms. The summed E-state index contributed by atoms with van der Waals surface area (Å²) in [5.74, 6) is -0.219. The van der Waals surface area contributed by atoms with Crippen molar-refractivity contribution in [1.82, 2.24) is 10.3 Å². The zero-order chi connectivity index (χ0) is 22.8. The van der Waals surface area contributed by atoms with Gasteiger partial charge >= 0.3 is 6.03 Å². The van der Waals surface area contributed by atoms with Gasteiger partial charge in [-0.1, -0.05) is 70.7 Å². The standard InChI is InChI=1S/C22H14Cl4N4O2/c23-17-9-15(30-22(32)27-5-6-29-30)10-18(24)16(17)7-12-1-3-13(4-2-12)20(31)14-8-19(25)21(26)28-11-14/h1-4,6,8-11H,5,7H2,(H,27,32). The molecule has 1 aromatic heterocycles. The second-order valence-electron chi connectivity index (χ2n) is 6.88. The summed E-state index contributed by atoms with van der Waals surface area (Å²) in [7, 11) is 0. The Hall–Kier alpha value is -2.64. The van der Waals surface area contributed by atoms with Crippen LogP contribution in [0.2, 0.25) is 20.2 Å². The molecule has 0 radical (unpaired) electrons. The zero-order valence-corrected chi connectivity index (χ0v) is 19.3. The molecule has 1 N–H and O–H groups in total. The van der Waals surface area contributed by atoms with Gasteiger partial charge in [-0.15, -0.1) is 0 Å². The van der Waals surface area contributed by atoms with Gasteiger partial charge in [0.1, 0.15) is 5.15 Å². The molecule has 0 atom stereocenters. The number of halogens is 4. The van der Waals surface area contributed by atoms with Gasteiger partial charge in [0.15, 0.2) is 5.78 Å². The van der Waals surface area contributed by atoms with Crippen LogP contribution in [-0.4, -0.2) is 29.6 Å². The number of urea groups is 1. The SMILES string of the molecule is O=C(c1ccc(Cc2c(Cl)cc(N3N=CCNC3=O)cc2Cl)cc1)c1cnc(Cl)c(Cl)c1. The fraction of sp³-hybridized carbons (Fsp3) is 0.0909. The van der Waals surface area contributed by atoms with Crippen LogP contribution in [0.5, 0.6) is 0 Å². The first-order chi connectivity index (χ1) is 15.3. The van der Waals surface area contributed by atoms with Crippen molar-refractivity contribution in [3.05, 3.63) is 91.1 Å². The van der Waals surface area contributed by atoms with Gasteiger partial charge in [0.25, 0.3) is 0 Å². The van der Waals surface area contributed by atoms with E-state index in [2.05, 4.69) is 15.4 Å². The first-order valence-corrected chi connectivity index (χ1v) is 10.9. The van der Waals surface area contributed by atoms with Crippen molar-refractivity contribution < 1.29 is 9.59 Å². The van der Waals surface area contributed by atoms with Crippen molar-refractivity contribution >= 4 is 70.1 Å². The molecule has 32 heavy (non-hydrogen) atoms. The van der Waals surface area contributed by atoms with E-state index in [-0.39, 0.29) is 22.0 Å². The third-order valence-electron chi connectivity index (χ3n) is 4.76. The predicted octanol–water partition coefficient (Wildman–Crippen LogP) is 6.03. The molecule has 0 unspecified atom stereocenters. The largest absolute Gasteiger partial charge is 0.342 e. The summed E-state index contributed by atoms with van der Waals surface area (Å²) in [6, 6.07) is 11.5. The van der Waals surface area contributed by atoms with Gasteiger partial charge in [0, 0.05) is 40.0 Å². The third-order valence-corrected chi connectivity index (χ3v) is 6.12. The lowest BCUT2D eigenvalue weighted by molar-refractivity contribution is 0.103. The number of aromatic nitrogens is 1. The second-order valence-corrected chi connectivity index (χ2v) is 8.46. The van der Waals surface area contributed by atoms with E-state index in [4.69, 9.17) is 46.4 Å². The molecular formula is C22H14Cl4N4O2. The first-order valence-electron chi connectivity index (χ1n) is 9.36. The zero-order valence-electron chi connectivity index (χ0n) is 16.3. The molecule has 162 valence electrons. The second kappa shape index (κ2) is 9.46. The summed E-state index contributed by atoms with van der Waals surface area (Å²) >= 11 is 24.7. The fourth-order valence-electron chi connectivity index (χ4n) is 3.14. The number of amides is 2. The van der Waals surface area contributed by atoms with Crippen LogP contribution >= 0.6 is 46.4 Å². The number of nitrogens with one attached hydrogen (secondary N) is 1. The van der Waals surface area contributed by atoms with Crippen molar-refractivity contribution in [3.63, 3.8) is 0 Å². The molecule has 0 fully saturated rings. The van der Waals surface area contributed by atoms with E-state index in [1.165, 1.54) is 17.3 Å².